The summed E-state index contributed by atoms with van der Waals surface area (Å²) in [5.74, 6) is -0.0944. The number of rotatable bonds is 3. The molecule has 0 bridgehead atoms. The molecule has 0 unspecified atom stereocenters. The second kappa shape index (κ2) is 5.47. The van der Waals surface area contributed by atoms with E-state index in [0.717, 1.165) is 10.8 Å². The van der Waals surface area contributed by atoms with Gasteiger partial charge in [0.15, 0.2) is 10.9 Å². The van der Waals surface area contributed by atoms with Gasteiger partial charge in [-0.3, -0.25) is 9.59 Å². The van der Waals surface area contributed by atoms with E-state index in [0.29, 0.717) is 5.56 Å². The first kappa shape index (κ1) is 12.9. The Morgan fingerprint density at radius 3 is 2.40 bits per heavy atom. The SMILES string of the molecule is O=C(CC(=O)[SH]1C=CC=C1)c1cccc2ccccc12. The van der Waals surface area contributed by atoms with Gasteiger partial charge in [0, 0.05) is 5.56 Å². The van der Waals surface area contributed by atoms with Crippen LogP contribution >= 0.6 is 10.9 Å². The van der Waals surface area contributed by atoms with Gasteiger partial charge in [0.1, 0.15) is 0 Å². The summed E-state index contributed by atoms with van der Waals surface area (Å²) >= 11 is 0. The lowest BCUT2D eigenvalue weighted by Crippen LogP contribution is -2.07. The molecule has 2 aromatic rings. The van der Waals surface area contributed by atoms with E-state index in [1.807, 2.05) is 59.4 Å². The van der Waals surface area contributed by atoms with E-state index in [4.69, 9.17) is 0 Å². The lowest BCUT2D eigenvalue weighted by Gasteiger charge is -2.09. The van der Waals surface area contributed by atoms with Crippen LogP contribution in [0.3, 0.4) is 0 Å². The molecular formula is C17H14O2S. The van der Waals surface area contributed by atoms with Crippen molar-refractivity contribution in [2.45, 2.75) is 6.42 Å². The number of hydrogen-bond acceptors (Lipinski definition) is 2. The highest BCUT2D eigenvalue weighted by molar-refractivity contribution is 8.34. The van der Waals surface area contributed by atoms with Crippen molar-refractivity contribution >= 4 is 32.6 Å². The maximum Gasteiger partial charge on any atom is 0.184 e. The number of fused-ring (bicyclic) bond motifs is 1. The lowest BCUT2D eigenvalue weighted by atomic mass is 10.0. The van der Waals surface area contributed by atoms with Crippen molar-refractivity contribution < 1.29 is 9.59 Å². The zero-order valence-electron chi connectivity index (χ0n) is 10.8. The van der Waals surface area contributed by atoms with Gasteiger partial charge in [-0.25, -0.2) is 0 Å². The Morgan fingerprint density at radius 2 is 1.60 bits per heavy atom. The second-order valence-corrected chi connectivity index (χ2v) is 6.52. The maximum absolute atomic E-state index is 12.4. The van der Waals surface area contributed by atoms with Crippen molar-refractivity contribution in [3.8, 4) is 0 Å². The highest BCUT2D eigenvalue weighted by Crippen LogP contribution is 2.35. The largest absolute Gasteiger partial charge is 0.294 e. The molecule has 3 heteroatoms. The fourth-order valence-corrected chi connectivity index (χ4v) is 3.62. The molecule has 1 aliphatic rings. The highest BCUT2D eigenvalue weighted by Gasteiger charge is 2.17. The van der Waals surface area contributed by atoms with E-state index in [2.05, 4.69) is 0 Å². The Hall–Kier alpha value is -2.13. The van der Waals surface area contributed by atoms with Crippen LogP contribution in [0.15, 0.2) is 65.4 Å². The summed E-state index contributed by atoms with van der Waals surface area (Å²) < 4.78 is 0. The predicted octanol–water partition coefficient (Wildman–Crippen LogP) is 3.98. The molecule has 3 rings (SSSR count). The molecule has 0 aliphatic carbocycles. The van der Waals surface area contributed by atoms with Gasteiger partial charge in [-0.15, -0.1) is 0 Å². The summed E-state index contributed by atoms with van der Waals surface area (Å²) in [5, 5.41) is 5.72. The summed E-state index contributed by atoms with van der Waals surface area (Å²) in [4.78, 5) is 24.4. The quantitative estimate of drug-likeness (QED) is 0.525. The number of Topliss-reactive ketones (excluding diaryl/α,β-unsaturated/α-hetero) is 1. The molecular weight excluding hydrogens is 268 g/mol. The van der Waals surface area contributed by atoms with Crippen molar-refractivity contribution in [1.29, 1.82) is 0 Å². The third kappa shape index (κ3) is 2.45. The Morgan fingerprint density at radius 1 is 0.900 bits per heavy atom. The number of thiol groups is 1. The van der Waals surface area contributed by atoms with Crippen LogP contribution in [0.5, 0.6) is 0 Å². The molecule has 0 N–H and O–H groups in total. The Labute approximate surface area is 120 Å². The number of carbonyl (C=O) groups is 2. The van der Waals surface area contributed by atoms with Crippen LogP contribution in [0.25, 0.3) is 10.8 Å². The number of carbonyl (C=O) groups excluding carboxylic acids is 2. The number of ketones is 1. The zero-order chi connectivity index (χ0) is 13.9. The van der Waals surface area contributed by atoms with Crippen molar-refractivity contribution in [2.24, 2.45) is 0 Å². The average molecular weight is 282 g/mol. The van der Waals surface area contributed by atoms with Crippen LogP contribution in [-0.4, -0.2) is 10.9 Å². The number of benzene rings is 2. The molecule has 0 saturated heterocycles. The molecule has 0 fully saturated rings. The van der Waals surface area contributed by atoms with Gasteiger partial charge >= 0.3 is 0 Å². The third-order valence-corrected chi connectivity index (χ3v) is 5.02. The normalized spacial score (nSPS) is 14.9. The van der Waals surface area contributed by atoms with Gasteiger partial charge in [0.25, 0.3) is 0 Å². The van der Waals surface area contributed by atoms with E-state index in [-0.39, 0.29) is 17.3 Å². The maximum atomic E-state index is 12.4. The van der Waals surface area contributed by atoms with Gasteiger partial charge < -0.3 is 0 Å². The van der Waals surface area contributed by atoms with E-state index in [1.54, 1.807) is 6.07 Å². The average Bonchev–Trinajstić information content (AvgIpc) is 3.01. The summed E-state index contributed by atoms with van der Waals surface area (Å²) in [6.07, 6.45) is 3.71. The molecule has 0 radical (unpaired) electrons. The van der Waals surface area contributed by atoms with E-state index >= 15 is 0 Å². The van der Waals surface area contributed by atoms with Gasteiger partial charge in [-0.2, -0.15) is 10.9 Å². The second-order valence-electron chi connectivity index (χ2n) is 4.61. The van der Waals surface area contributed by atoms with E-state index < -0.39 is 10.9 Å². The first-order valence-electron chi connectivity index (χ1n) is 6.43. The Kier molecular flexibility index (Phi) is 3.52. The van der Waals surface area contributed by atoms with Crippen molar-refractivity contribution in [2.75, 3.05) is 0 Å². The van der Waals surface area contributed by atoms with Crippen LogP contribution < -0.4 is 0 Å². The van der Waals surface area contributed by atoms with Crippen LogP contribution in [0, 0.1) is 0 Å². The Balaban J connectivity index is 1.87. The predicted molar refractivity (Wildman–Crippen MR) is 85.2 cm³/mol. The molecule has 0 atom stereocenters. The fourth-order valence-electron chi connectivity index (χ4n) is 2.29. The van der Waals surface area contributed by atoms with E-state index in [1.165, 1.54) is 0 Å². The first-order chi connectivity index (χ1) is 9.75. The Bertz CT molecular complexity index is 726. The minimum atomic E-state index is -0.893. The van der Waals surface area contributed by atoms with Crippen LogP contribution in [-0.2, 0) is 4.79 Å². The van der Waals surface area contributed by atoms with Gasteiger partial charge in [-0.1, -0.05) is 54.6 Å². The minimum absolute atomic E-state index is 0.0166. The molecule has 0 amide bonds. The smallest absolute Gasteiger partial charge is 0.184 e. The summed E-state index contributed by atoms with van der Waals surface area (Å²) in [6.45, 7) is 0. The highest BCUT2D eigenvalue weighted by atomic mass is 32.2. The first-order valence-corrected chi connectivity index (χ1v) is 7.91. The van der Waals surface area contributed by atoms with Crippen molar-refractivity contribution in [3.63, 3.8) is 0 Å². The van der Waals surface area contributed by atoms with E-state index in [9.17, 15) is 9.59 Å². The third-order valence-electron chi connectivity index (χ3n) is 3.29. The fraction of sp³-hybridized carbons (Fsp3) is 0.0588. The van der Waals surface area contributed by atoms with Gasteiger partial charge in [0.2, 0.25) is 0 Å². The van der Waals surface area contributed by atoms with Gasteiger partial charge in [-0.05, 0) is 21.6 Å². The monoisotopic (exact) mass is 282 g/mol. The van der Waals surface area contributed by atoms with Crippen LogP contribution in [0.4, 0.5) is 0 Å². The molecule has 0 aromatic heterocycles. The number of allylic oxidation sites excluding steroid dienone is 2. The summed E-state index contributed by atoms with van der Waals surface area (Å²) in [5.41, 5.74) is 0.638. The van der Waals surface area contributed by atoms with Crippen molar-refractivity contribution in [3.05, 3.63) is 71.0 Å². The molecule has 1 aliphatic heterocycles. The molecule has 0 spiro atoms. The van der Waals surface area contributed by atoms with Crippen LogP contribution in [0.2, 0.25) is 0 Å². The summed E-state index contributed by atoms with van der Waals surface area (Å²) in [7, 11) is -0.893. The van der Waals surface area contributed by atoms with Gasteiger partial charge in [0.05, 0.1) is 6.42 Å². The lowest BCUT2D eigenvalue weighted by molar-refractivity contribution is -0.110. The molecule has 2 nitrogen and oxygen atoms in total. The number of hydrogen-bond donors (Lipinski definition) is 1. The molecule has 1 heterocycles. The minimum Gasteiger partial charge on any atom is -0.294 e. The molecule has 100 valence electrons. The summed E-state index contributed by atoms with van der Waals surface area (Å²) in [6, 6.07) is 13.4. The van der Waals surface area contributed by atoms with Crippen LogP contribution in [0.1, 0.15) is 16.8 Å². The van der Waals surface area contributed by atoms with Crippen molar-refractivity contribution in [1.82, 2.24) is 0 Å². The zero-order valence-corrected chi connectivity index (χ0v) is 11.7. The molecule has 0 saturated carbocycles. The topological polar surface area (TPSA) is 34.1 Å². The molecule has 2 aromatic carbocycles. The standard InChI is InChI=1S/C17H14O2S/c18-16(12-17(19)20-10-3-4-11-20)15-9-5-7-13-6-1-2-8-14(13)15/h1-11,20H,12H2. The molecule has 20 heavy (non-hydrogen) atoms.